The van der Waals surface area contributed by atoms with E-state index in [1.165, 1.54) is 47.6 Å². The Labute approximate surface area is 135 Å². The van der Waals surface area contributed by atoms with Crippen molar-refractivity contribution in [3.63, 3.8) is 0 Å². The number of aromatic nitrogens is 3. The van der Waals surface area contributed by atoms with Gasteiger partial charge in [0.05, 0.1) is 36.1 Å². The van der Waals surface area contributed by atoms with Gasteiger partial charge in [0.1, 0.15) is 5.75 Å². The van der Waals surface area contributed by atoms with Gasteiger partial charge >= 0.3 is 6.61 Å². The zero-order chi connectivity index (χ0) is 17.1. The first-order valence-corrected chi connectivity index (χ1v) is 7.06. The summed E-state index contributed by atoms with van der Waals surface area (Å²) in [5.41, 5.74) is 0.652. The number of halogens is 2. The molecule has 0 spiro atoms. The van der Waals surface area contributed by atoms with Gasteiger partial charge < -0.3 is 9.84 Å². The summed E-state index contributed by atoms with van der Waals surface area (Å²) in [6.45, 7) is -2.92. The highest BCUT2D eigenvalue weighted by atomic mass is 19.3. The molecule has 2 heterocycles. The van der Waals surface area contributed by atoms with E-state index in [1.54, 1.807) is 6.07 Å². The largest absolute Gasteiger partial charge is 0.435 e. The molecule has 124 valence electrons. The molecule has 0 fully saturated rings. The number of rotatable bonds is 5. The third-order valence-corrected chi connectivity index (χ3v) is 3.49. The Morgan fingerprint density at radius 2 is 1.96 bits per heavy atom. The van der Waals surface area contributed by atoms with Crippen molar-refractivity contribution in [3.8, 4) is 5.75 Å². The topological polar surface area (TPSA) is 77.2 Å². The van der Waals surface area contributed by atoms with Crippen molar-refractivity contribution in [1.29, 1.82) is 0 Å². The standard InChI is InChI=1S/C16H13F2N3O3/c17-16(18)24-11-3-1-10(2-4-11)14(22)8-21-9-20-13-7-19-6-5-12(13)15(21)23/h1-7,9,14,16,22H,8H2. The maximum absolute atomic E-state index is 12.4. The van der Waals surface area contributed by atoms with Gasteiger partial charge in [0.25, 0.3) is 5.56 Å². The average Bonchev–Trinajstić information content (AvgIpc) is 2.57. The molecule has 2 aromatic heterocycles. The predicted octanol–water partition coefficient (Wildman–Crippen LogP) is 2.13. The highest BCUT2D eigenvalue weighted by Gasteiger charge is 2.12. The van der Waals surface area contributed by atoms with E-state index >= 15 is 0 Å². The van der Waals surface area contributed by atoms with Crippen LogP contribution in [0, 0.1) is 0 Å². The lowest BCUT2D eigenvalue weighted by atomic mass is 10.1. The van der Waals surface area contributed by atoms with Crippen molar-refractivity contribution >= 4 is 10.9 Å². The zero-order valence-corrected chi connectivity index (χ0v) is 12.3. The van der Waals surface area contributed by atoms with Crippen LogP contribution in [0.4, 0.5) is 8.78 Å². The fraction of sp³-hybridized carbons (Fsp3) is 0.188. The molecule has 0 saturated carbocycles. The Bertz CT molecular complexity index is 897. The highest BCUT2D eigenvalue weighted by Crippen LogP contribution is 2.20. The number of ether oxygens (including phenoxy) is 1. The number of hydrogen-bond acceptors (Lipinski definition) is 5. The van der Waals surface area contributed by atoms with Gasteiger partial charge in [-0.25, -0.2) is 4.98 Å². The van der Waals surface area contributed by atoms with Gasteiger partial charge in [-0.05, 0) is 23.8 Å². The molecular formula is C16H13F2N3O3. The summed E-state index contributed by atoms with van der Waals surface area (Å²) in [6.07, 6.45) is 3.32. The molecule has 0 saturated heterocycles. The number of alkyl halides is 2. The number of pyridine rings is 1. The molecule has 6 nitrogen and oxygen atoms in total. The van der Waals surface area contributed by atoms with Gasteiger partial charge in [0, 0.05) is 6.20 Å². The molecule has 1 atom stereocenters. The molecule has 3 rings (SSSR count). The van der Waals surface area contributed by atoms with Crippen LogP contribution in [-0.4, -0.2) is 26.3 Å². The summed E-state index contributed by atoms with van der Waals surface area (Å²) in [4.78, 5) is 20.4. The molecule has 24 heavy (non-hydrogen) atoms. The molecule has 0 amide bonds. The van der Waals surface area contributed by atoms with Crippen LogP contribution in [0.1, 0.15) is 11.7 Å². The normalized spacial score (nSPS) is 12.5. The second-order valence-corrected chi connectivity index (χ2v) is 5.06. The van der Waals surface area contributed by atoms with Crippen molar-refractivity contribution in [2.45, 2.75) is 19.3 Å². The van der Waals surface area contributed by atoms with Crippen LogP contribution in [0.25, 0.3) is 10.9 Å². The van der Waals surface area contributed by atoms with Crippen LogP contribution in [0.5, 0.6) is 5.75 Å². The average molecular weight is 333 g/mol. The second kappa shape index (κ2) is 6.71. The number of aliphatic hydroxyl groups excluding tert-OH is 1. The molecular weight excluding hydrogens is 320 g/mol. The Morgan fingerprint density at radius 1 is 1.21 bits per heavy atom. The molecule has 0 aliphatic rings. The SMILES string of the molecule is O=c1c2ccncc2ncn1CC(O)c1ccc(OC(F)F)cc1. The highest BCUT2D eigenvalue weighted by molar-refractivity contribution is 5.75. The number of benzene rings is 1. The summed E-state index contributed by atoms with van der Waals surface area (Å²) < 4.78 is 29.8. The van der Waals surface area contributed by atoms with Crippen LogP contribution < -0.4 is 10.3 Å². The Hall–Kier alpha value is -2.87. The van der Waals surface area contributed by atoms with E-state index in [0.29, 0.717) is 16.5 Å². The van der Waals surface area contributed by atoms with Crippen molar-refractivity contribution < 1.29 is 18.6 Å². The fourth-order valence-electron chi connectivity index (χ4n) is 2.30. The molecule has 3 aromatic rings. The van der Waals surface area contributed by atoms with Crippen molar-refractivity contribution in [2.24, 2.45) is 0 Å². The van der Waals surface area contributed by atoms with Gasteiger partial charge in [0.2, 0.25) is 0 Å². The van der Waals surface area contributed by atoms with Gasteiger partial charge in [-0.3, -0.25) is 14.3 Å². The minimum absolute atomic E-state index is 0.00186. The number of hydrogen-bond donors (Lipinski definition) is 1. The van der Waals surface area contributed by atoms with Gasteiger partial charge in [-0.1, -0.05) is 12.1 Å². The summed E-state index contributed by atoms with van der Waals surface area (Å²) in [6, 6.07) is 7.15. The molecule has 8 heteroatoms. The summed E-state index contributed by atoms with van der Waals surface area (Å²) in [5, 5.41) is 10.7. The molecule has 0 radical (unpaired) electrons. The number of fused-ring (bicyclic) bond motifs is 1. The Balaban J connectivity index is 1.80. The van der Waals surface area contributed by atoms with Crippen LogP contribution in [0.2, 0.25) is 0 Å². The minimum atomic E-state index is -2.91. The first kappa shape index (κ1) is 16.0. The van der Waals surface area contributed by atoms with E-state index in [9.17, 15) is 18.7 Å². The van der Waals surface area contributed by atoms with Crippen LogP contribution in [-0.2, 0) is 6.54 Å². The van der Waals surface area contributed by atoms with E-state index in [2.05, 4.69) is 14.7 Å². The van der Waals surface area contributed by atoms with Crippen molar-refractivity contribution in [2.75, 3.05) is 0 Å². The molecule has 0 aliphatic heterocycles. The number of aliphatic hydroxyl groups is 1. The lowest BCUT2D eigenvalue weighted by molar-refractivity contribution is -0.0498. The Kier molecular flexibility index (Phi) is 4.48. The maximum Gasteiger partial charge on any atom is 0.387 e. The van der Waals surface area contributed by atoms with Gasteiger partial charge in [-0.2, -0.15) is 8.78 Å². The van der Waals surface area contributed by atoms with E-state index in [1.807, 2.05) is 0 Å². The quantitative estimate of drug-likeness (QED) is 0.774. The van der Waals surface area contributed by atoms with Crippen LogP contribution in [0.3, 0.4) is 0 Å². The van der Waals surface area contributed by atoms with Gasteiger partial charge in [0.15, 0.2) is 0 Å². The third kappa shape index (κ3) is 3.38. The summed E-state index contributed by atoms with van der Waals surface area (Å²) >= 11 is 0. The van der Waals surface area contributed by atoms with E-state index < -0.39 is 12.7 Å². The van der Waals surface area contributed by atoms with Gasteiger partial charge in [-0.15, -0.1) is 0 Å². The maximum atomic E-state index is 12.4. The zero-order valence-electron chi connectivity index (χ0n) is 12.3. The monoisotopic (exact) mass is 333 g/mol. The van der Waals surface area contributed by atoms with E-state index in [-0.39, 0.29) is 17.9 Å². The Morgan fingerprint density at radius 3 is 2.67 bits per heavy atom. The van der Waals surface area contributed by atoms with Crippen molar-refractivity contribution in [1.82, 2.24) is 14.5 Å². The minimum Gasteiger partial charge on any atom is -0.435 e. The first-order chi connectivity index (χ1) is 11.5. The molecule has 0 aliphatic carbocycles. The number of nitrogens with zero attached hydrogens (tertiary/aromatic N) is 3. The predicted molar refractivity (Wildman–Crippen MR) is 81.8 cm³/mol. The third-order valence-electron chi connectivity index (χ3n) is 3.49. The lowest BCUT2D eigenvalue weighted by Gasteiger charge is -2.14. The molecule has 0 bridgehead atoms. The molecule has 1 N–H and O–H groups in total. The van der Waals surface area contributed by atoms with Crippen LogP contribution in [0.15, 0.2) is 53.8 Å². The summed E-state index contributed by atoms with van der Waals surface area (Å²) in [5.74, 6) is -0.00186. The lowest BCUT2D eigenvalue weighted by Crippen LogP contribution is -2.23. The molecule has 1 unspecified atom stereocenters. The first-order valence-electron chi connectivity index (χ1n) is 7.06. The summed E-state index contributed by atoms with van der Waals surface area (Å²) in [7, 11) is 0. The van der Waals surface area contributed by atoms with Crippen LogP contribution >= 0.6 is 0 Å². The smallest absolute Gasteiger partial charge is 0.387 e. The van der Waals surface area contributed by atoms with E-state index in [4.69, 9.17) is 0 Å². The van der Waals surface area contributed by atoms with Crippen molar-refractivity contribution in [3.05, 3.63) is 65.0 Å². The van der Waals surface area contributed by atoms with E-state index in [0.717, 1.165) is 0 Å². The molecule has 1 aromatic carbocycles. The second-order valence-electron chi connectivity index (χ2n) is 5.06. The fourth-order valence-corrected chi connectivity index (χ4v) is 2.30.